The molecule has 3 aromatic rings. The topological polar surface area (TPSA) is 82.6 Å². The van der Waals surface area contributed by atoms with Crippen LogP contribution in [0.3, 0.4) is 0 Å². The Morgan fingerprint density at radius 3 is 2.46 bits per heavy atom. The smallest absolute Gasteiger partial charge is 0.412 e. The number of hydrogen-bond acceptors (Lipinski definition) is 5. The number of carbonyl (C=O) groups excluding carboxylic acids is 1. The zero-order chi connectivity index (χ0) is 26.4. The molecule has 4 rings (SSSR count). The van der Waals surface area contributed by atoms with Crippen LogP contribution in [0.15, 0.2) is 66.9 Å². The summed E-state index contributed by atoms with van der Waals surface area (Å²) < 4.78 is 28.1. The monoisotopic (exact) mass is 508 g/mol. The molecule has 2 heterocycles. The standard InChI is InChI=1S/C29H37FN4O3/c1-29(2,3)26(34(19-23(30)17-31)28(35)37-25-15-10-16-36-25)27-32-24(22-13-8-5-9-14-22)20-33(27)18-21-11-6-4-7-12-21/h4-9,11-14,20,23,25-26H,10,15-19,31H2,1-3H3/t23-,25+,26+/m1/s1. The maximum Gasteiger partial charge on any atom is 0.412 e. The Hall–Kier alpha value is -3.23. The normalized spacial score (nSPS) is 17.4. The third-order valence-corrected chi connectivity index (χ3v) is 6.45. The number of benzene rings is 2. The van der Waals surface area contributed by atoms with Crippen LogP contribution >= 0.6 is 0 Å². The lowest BCUT2D eigenvalue weighted by atomic mass is 9.84. The van der Waals surface area contributed by atoms with Crippen LogP contribution in [0.4, 0.5) is 9.18 Å². The van der Waals surface area contributed by atoms with Crippen LogP contribution < -0.4 is 5.73 Å². The number of ether oxygens (including phenoxy) is 2. The van der Waals surface area contributed by atoms with Gasteiger partial charge in [0.1, 0.15) is 12.0 Å². The number of carbonyl (C=O) groups is 1. The molecule has 0 bridgehead atoms. The average Bonchev–Trinajstić information content (AvgIpc) is 3.54. The first-order valence-corrected chi connectivity index (χ1v) is 12.9. The van der Waals surface area contributed by atoms with Gasteiger partial charge in [-0.1, -0.05) is 81.4 Å². The number of imidazole rings is 1. The lowest BCUT2D eigenvalue weighted by Crippen LogP contribution is -2.47. The Morgan fingerprint density at radius 2 is 1.86 bits per heavy atom. The zero-order valence-electron chi connectivity index (χ0n) is 21.8. The van der Waals surface area contributed by atoms with Crippen molar-refractivity contribution in [3.8, 4) is 11.3 Å². The maximum absolute atomic E-state index is 14.8. The van der Waals surface area contributed by atoms with Crippen LogP contribution in [-0.2, 0) is 16.0 Å². The van der Waals surface area contributed by atoms with Gasteiger partial charge in [0.25, 0.3) is 0 Å². The van der Waals surface area contributed by atoms with E-state index in [-0.39, 0.29) is 13.1 Å². The Balaban J connectivity index is 1.80. The fraction of sp³-hybridized carbons (Fsp3) is 0.448. The van der Waals surface area contributed by atoms with E-state index in [1.165, 1.54) is 4.90 Å². The summed E-state index contributed by atoms with van der Waals surface area (Å²) in [5.41, 5.74) is 7.97. The largest absolute Gasteiger partial charge is 0.419 e. The van der Waals surface area contributed by atoms with Gasteiger partial charge in [0.2, 0.25) is 6.29 Å². The number of amides is 1. The van der Waals surface area contributed by atoms with Crippen LogP contribution in [0.5, 0.6) is 0 Å². The van der Waals surface area contributed by atoms with Crippen molar-refractivity contribution in [2.45, 2.75) is 58.7 Å². The van der Waals surface area contributed by atoms with Crippen molar-refractivity contribution in [3.63, 3.8) is 0 Å². The van der Waals surface area contributed by atoms with E-state index in [0.29, 0.717) is 25.4 Å². The molecule has 0 aliphatic carbocycles. The van der Waals surface area contributed by atoms with Gasteiger partial charge >= 0.3 is 6.09 Å². The van der Waals surface area contributed by atoms with E-state index in [9.17, 15) is 9.18 Å². The van der Waals surface area contributed by atoms with Gasteiger partial charge in [0.05, 0.1) is 24.9 Å². The molecule has 37 heavy (non-hydrogen) atoms. The number of nitrogens with zero attached hydrogens (tertiary/aromatic N) is 3. The minimum absolute atomic E-state index is 0.200. The van der Waals surface area contributed by atoms with Crippen molar-refractivity contribution in [1.29, 1.82) is 0 Å². The van der Waals surface area contributed by atoms with Crippen LogP contribution in [0.1, 0.15) is 51.0 Å². The summed E-state index contributed by atoms with van der Waals surface area (Å²) in [6, 6.07) is 19.4. The highest BCUT2D eigenvalue weighted by Gasteiger charge is 2.41. The van der Waals surface area contributed by atoms with Gasteiger partial charge in [-0.05, 0) is 17.4 Å². The summed E-state index contributed by atoms with van der Waals surface area (Å²) in [4.78, 5) is 20.0. The first-order chi connectivity index (χ1) is 17.8. The first kappa shape index (κ1) is 26.8. The summed E-state index contributed by atoms with van der Waals surface area (Å²) in [5.74, 6) is 0.656. The molecule has 1 aliphatic heterocycles. The molecular formula is C29H37FN4O3. The number of nitrogens with two attached hydrogens (primary N) is 1. The number of rotatable bonds is 9. The highest BCUT2D eigenvalue weighted by molar-refractivity contribution is 5.69. The fourth-order valence-electron chi connectivity index (χ4n) is 4.69. The molecule has 0 radical (unpaired) electrons. The zero-order valence-corrected chi connectivity index (χ0v) is 21.8. The third kappa shape index (κ3) is 6.76. The predicted molar refractivity (Wildman–Crippen MR) is 142 cm³/mol. The van der Waals surface area contributed by atoms with Gasteiger partial charge in [0.15, 0.2) is 0 Å². The first-order valence-electron chi connectivity index (χ1n) is 12.9. The SMILES string of the molecule is CC(C)(C)[C@H](c1nc(-c2ccccc2)cn1Cc1ccccc1)N(C[C@H](F)CN)C(=O)O[C@H]1CCCO1. The molecular weight excluding hydrogens is 471 g/mol. The molecule has 2 aromatic carbocycles. The molecule has 1 amide bonds. The van der Waals surface area contributed by atoms with Crippen LogP contribution in [-0.4, -0.2) is 52.7 Å². The molecule has 0 saturated carbocycles. The second-order valence-corrected chi connectivity index (χ2v) is 10.5. The summed E-state index contributed by atoms with van der Waals surface area (Å²) in [7, 11) is 0. The third-order valence-electron chi connectivity index (χ3n) is 6.45. The van der Waals surface area contributed by atoms with E-state index < -0.39 is 30.0 Å². The average molecular weight is 509 g/mol. The summed E-state index contributed by atoms with van der Waals surface area (Å²) in [6.45, 7) is 6.73. The van der Waals surface area contributed by atoms with Gasteiger partial charge in [0, 0.05) is 31.3 Å². The summed E-state index contributed by atoms with van der Waals surface area (Å²) >= 11 is 0. The van der Waals surface area contributed by atoms with E-state index in [1.54, 1.807) is 0 Å². The van der Waals surface area contributed by atoms with Crippen molar-refractivity contribution in [2.75, 3.05) is 19.7 Å². The molecule has 1 aromatic heterocycles. The van der Waals surface area contributed by atoms with Gasteiger partial charge in [-0.15, -0.1) is 0 Å². The van der Waals surface area contributed by atoms with E-state index in [1.807, 2.05) is 87.6 Å². The summed E-state index contributed by atoms with van der Waals surface area (Å²) in [6.07, 6.45) is 0.769. The summed E-state index contributed by atoms with van der Waals surface area (Å²) in [5, 5.41) is 0. The molecule has 0 spiro atoms. The van der Waals surface area contributed by atoms with Crippen molar-refractivity contribution in [3.05, 3.63) is 78.2 Å². The second kappa shape index (κ2) is 11.9. The van der Waals surface area contributed by atoms with Gasteiger partial charge in [-0.25, -0.2) is 14.2 Å². The van der Waals surface area contributed by atoms with E-state index in [2.05, 4.69) is 4.57 Å². The van der Waals surface area contributed by atoms with Gasteiger partial charge < -0.3 is 19.8 Å². The molecule has 8 heteroatoms. The Bertz CT molecular complexity index is 1140. The van der Waals surface area contributed by atoms with Gasteiger partial charge in [-0.3, -0.25) is 4.90 Å². The number of alkyl halides is 1. The van der Waals surface area contributed by atoms with Gasteiger partial charge in [-0.2, -0.15) is 0 Å². The van der Waals surface area contributed by atoms with Crippen molar-refractivity contribution in [2.24, 2.45) is 11.1 Å². The molecule has 2 N–H and O–H groups in total. The van der Waals surface area contributed by atoms with E-state index >= 15 is 0 Å². The van der Waals surface area contributed by atoms with Crippen molar-refractivity contribution >= 4 is 6.09 Å². The number of aromatic nitrogens is 2. The Kier molecular flexibility index (Phi) is 8.61. The van der Waals surface area contributed by atoms with Crippen molar-refractivity contribution < 1.29 is 18.7 Å². The molecule has 0 unspecified atom stereocenters. The van der Waals surface area contributed by atoms with Crippen molar-refractivity contribution in [1.82, 2.24) is 14.5 Å². The molecule has 198 valence electrons. The molecule has 1 saturated heterocycles. The Labute approximate surface area is 218 Å². The Morgan fingerprint density at radius 1 is 1.19 bits per heavy atom. The van der Waals surface area contributed by atoms with E-state index in [0.717, 1.165) is 23.2 Å². The molecule has 1 fully saturated rings. The van der Waals surface area contributed by atoms with Crippen LogP contribution in [0.2, 0.25) is 0 Å². The second-order valence-electron chi connectivity index (χ2n) is 10.5. The lowest BCUT2D eigenvalue weighted by molar-refractivity contribution is -0.0868. The lowest BCUT2D eigenvalue weighted by Gasteiger charge is -2.40. The predicted octanol–water partition coefficient (Wildman–Crippen LogP) is 5.56. The van der Waals surface area contributed by atoms with Crippen LogP contribution in [0.25, 0.3) is 11.3 Å². The van der Waals surface area contributed by atoms with E-state index in [4.69, 9.17) is 20.2 Å². The minimum atomic E-state index is -1.41. The molecule has 3 atom stereocenters. The van der Waals surface area contributed by atoms with Crippen LogP contribution in [0, 0.1) is 5.41 Å². The minimum Gasteiger partial charge on any atom is -0.419 e. The quantitative estimate of drug-likeness (QED) is 0.409. The maximum atomic E-state index is 14.8. The molecule has 1 aliphatic rings. The molecule has 7 nitrogen and oxygen atoms in total. The highest BCUT2D eigenvalue weighted by atomic mass is 19.1. The number of halogens is 1. The highest BCUT2D eigenvalue weighted by Crippen LogP contribution is 2.40. The fourth-order valence-corrected chi connectivity index (χ4v) is 4.69. The number of hydrogen-bond donors (Lipinski definition) is 1.